The zero-order chi connectivity index (χ0) is 18.1. The Morgan fingerprint density at radius 1 is 1.15 bits per heavy atom. The standard InChI is InChI=1S/C19H23N5O2/c1-13-19(14(2)24(21-13)16-7-5-4-6-8-16)17-12-25-10-9-23(17)11-18-20-15(3)22-26-18/h4-8,17H,9-12H2,1-3H3. The molecule has 1 saturated heterocycles. The SMILES string of the molecule is Cc1noc(CN2CCOCC2c2c(C)nn(-c3ccccc3)c2C)n1. The fraction of sp³-hybridized carbons (Fsp3) is 0.421. The van der Waals surface area contributed by atoms with E-state index in [9.17, 15) is 0 Å². The van der Waals surface area contributed by atoms with Crippen molar-refractivity contribution in [2.24, 2.45) is 0 Å². The largest absolute Gasteiger partial charge is 0.378 e. The lowest BCUT2D eigenvalue weighted by atomic mass is 10.0. The molecule has 136 valence electrons. The van der Waals surface area contributed by atoms with Crippen molar-refractivity contribution >= 4 is 0 Å². The minimum Gasteiger partial charge on any atom is -0.378 e. The van der Waals surface area contributed by atoms with Crippen LogP contribution < -0.4 is 0 Å². The number of rotatable bonds is 4. The monoisotopic (exact) mass is 353 g/mol. The van der Waals surface area contributed by atoms with Crippen LogP contribution in [0.2, 0.25) is 0 Å². The maximum atomic E-state index is 5.79. The van der Waals surface area contributed by atoms with Crippen molar-refractivity contribution in [3.05, 3.63) is 59.0 Å². The van der Waals surface area contributed by atoms with Gasteiger partial charge in [-0.2, -0.15) is 10.1 Å². The lowest BCUT2D eigenvalue weighted by molar-refractivity contribution is -0.0172. The summed E-state index contributed by atoms with van der Waals surface area (Å²) in [5.74, 6) is 1.30. The Morgan fingerprint density at radius 2 is 1.96 bits per heavy atom. The van der Waals surface area contributed by atoms with Crippen LogP contribution in [0, 0.1) is 20.8 Å². The van der Waals surface area contributed by atoms with Crippen LogP contribution >= 0.6 is 0 Å². The van der Waals surface area contributed by atoms with Gasteiger partial charge in [-0.3, -0.25) is 4.90 Å². The fourth-order valence-corrected chi connectivity index (χ4v) is 3.63. The molecule has 0 bridgehead atoms. The molecule has 7 nitrogen and oxygen atoms in total. The van der Waals surface area contributed by atoms with Gasteiger partial charge in [-0.05, 0) is 32.9 Å². The molecule has 2 aromatic heterocycles. The molecule has 1 aromatic carbocycles. The van der Waals surface area contributed by atoms with E-state index in [1.54, 1.807) is 0 Å². The predicted molar refractivity (Wildman–Crippen MR) is 96.0 cm³/mol. The van der Waals surface area contributed by atoms with Gasteiger partial charge in [0.1, 0.15) is 0 Å². The van der Waals surface area contributed by atoms with E-state index in [0.29, 0.717) is 31.5 Å². The van der Waals surface area contributed by atoms with Gasteiger partial charge in [0, 0.05) is 17.8 Å². The van der Waals surface area contributed by atoms with E-state index in [1.807, 2.05) is 29.8 Å². The lowest BCUT2D eigenvalue weighted by Crippen LogP contribution is -2.39. The van der Waals surface area contributed by atoms with Gasteiger partial charge >= 0.3 is 0 Å². The van der Waals surface area contributed by atoms with E-state index in [2.05, 4.69) is 41.0 Å². The Bertz CT molecular complexity index is 887. The van der Waals surface area contributed by atoms with Gasteiger partial charge < -0.3 is 9.26 Å². The number of benzene rings is 1. The topological polar surface area (TPSA) is 69.2 Å². The van der Waals surface area contributed by atoms with Crippen LogP contribution in [0.25, 0.3) is 5.69 Å². The molecule has 3 aromatic rings. The van der Waals surface area contributed by atoms with E-state index in [1.165, 1.54) is 5.56 Å². The van der Waals surface area contributed by atoms with Crippen LogP contribution in [0.15, 0.2) is 34.9 Å². The third-order valence-corrected chi connectivity index (χ3v) is 4.83. The van der Waals surface area contributed by atoms with Gasteiger partial charge in [-0.1, -0.05) is 23.4 Å². The number of hydrogen-bond acceptors (Lipinski definition) is 6. The highest BCUT2D eigenvalue weighted by Crippen LogP contribution is 2.31. The second-order valence-corrected chi connectivity index (χ2v) is 6.63. The van der Waals surface area contributed by atoms with E-state index < -0.39 is 0 Å². The van der Waals surface area contributed by atoms with Crippen LogP contribution in [0.4, 0.5) is 0 Å². The van der Waals surface area contributed by atoms with Gasteiger partial charge in [0.05, 0.1) is 37.2 Å². The predicted octanol–water partition coefficient (Wildman–Crippen LogP) is 2.75. The summed E-state index contributed by atoms with van der Waals surface area (Å²) in [6.07, 6.45) is 0. The maximum absolute atomic E-state index is 5.79. The van der Waals surface area contributed by atoms with Crippen molar-refractivity contribution in [2.75, 3.05) is 19.8 Å². The summed E-state index contributed by atoms with van der Waals surface area (Å²) >= 11 is 0. The first-order chi connectivity index (χ1) is 12.6. The molecule has 0 saturated carbocycles. The highest BCUT2D eigenvalue weighted by atomic mass is 16.5. The Hall–Kier alpha value is -2.51. The summed E-state index contributed by atoms with van der Waals surface area (Å²) in [7, 11) is 0. The third kappa shape index (κ3) is 3.15. The first kappa shape index (κ1) is 16.9. The van der Waals surface area contributed by atoms with E-state index >= 15 is 0 Å². The number of para-hydroxylation sites is 1. The van der Waals surface area contributed by atoms with Gasteiger partial charge in [0.25, 0.3) is 0 Å². The van der Waals surface area contributed by atoms with Crippen molar-refractivity contribution < 1.29 is 9.26 Å². The first-order valence-corrected chi connectivity index (χ1v) is 8.86. The summed E-state index contributed by atoms with van der Waals surface area (Å²) < 4.78 is 13.1. The highest BCUT2D eigenvalue weighted by Gasteiger charge is 2.31. The van der Waals surface area contributed by atoms with Gasteiger partial charge in [0.2, 0.25) is 5.89 Å². The van der Waals surface area contributed by atoms with Crippen molar-refractivity contribution in [2.45, 2.75) is 33.4 Å². The van der Waals surface area contributed by atoms with Crippen LogP contribution in [0.3, 0.4) is 0 Å². The van der Waals surface area contributed by atoms with Gasteiger partial charge in [0.15, 0.2) is 5.82 Å². The second kappa shape index (κ2) is 7.01. The first-order valence-electron chi connectivity index (χ1n) is 8.86. The molecule has 1 aliphatic rings. The number of ether oxygens (including phenoxy) is 1. The van der Waals surface area contributed by atoms with E-state index in [-0.39, 0.29) is 6.04 Å². The summed E-state index contributed by atoms with van der Waals surface area (Å²) in [5, 5.41) is 8.68. The molecule has 0 amide bonds. The second-order valence-electron chi connectivity index (χ2n) is 6.63. The Morgan fingerprint density at radius 3 is 2.69 bits per heavy atom. The quantitative estimate of drug-likeness (QED) is 0.718. The molecule has 1 fully saturated rings. The minimum absolute atomic E-state index is 0.119. The number of aryl methyl sites for hydroxylation is 2. The minimum atomic E-state index is 0.119. The third-order valence-electron chi connectivity index (χ3n) is 4.83. The Labute approximate surface area is 152 Å². The molecule has 0 aliphatic carbocycles. The smallest absolute Gasteiger partial charge is 0.240 e. The zero-order valence-corrected chi connectivity index (χ0v) is 15.3. The Kier molecular flexibility index (Phi) is 4.57. The van der Waals surface area contributed by atoms with E-state index in [4.69, 9.17) is 14.4 Å². The molecule has 4 rings (SSSR count). The normalized spacial score (nSPS) is 18.3. The summed E-state index contributed by atoms with van der Waals surface area (Å²) in [6.45, 7) is 8.79. The van der Waals surface area contributed by atoms with Crippen molar-refractivity contribution in [1.29, 1.82) is 0 Å². The lowest BCUT2D eigenvalue weighted by Gasteiger charge is -2.35. The fourth-order valence-electron chi connectivity index (χ4n) is 3.63. The molecule has 7 heteroatoms. The van der Waals surface area contributed by atoms with Crippen LogP contribution in [0.1, 0.15) is 34.7 Å². The highest BCUT2D eigenvalue weighted by molar-refractivity contribution is 5.38. The van der Waals surface area contributed by atoms with Crippen LogP contribution in [0.5, 0.6) is 0 Å². The Balaban J connectivity index is 1.67. The molecule has 0 spiro atoms. The summed E-state index contributed by atoms with van der Waals surface area (Å²) in [4.78, 5) is 6.69. The molecule has 26 heavy (non-hydrogen) atoms. The average Bonchev–Trinajstić information content (AvgIpc) is 3.19. The maximum Gasteiger partial charge on any atom is 0.240 e. The molecule has 0 radical (unpaired) electrons. The number of aromatic nitrogens is 4. The number of morpholine rings is 1. The summed E-state index contributed by atoms with van der Waals surface area (Å²) in [6, 6.07) is 10.3. The zero-order valence-electron chi connectivity index (χ0n) is 15.3. The van der Waals surface area contributed by atoms with Crippen molar-refractivity contribution in [1.82, 2.24) is 24.8 Å². The summed E-state index contributed by atoms with van der Waals surface area (Å²) in [5.41, 5.74) is 4.43. The molecule has 0 N–H and O–H groups in total. The molecular formula is C19H23N5O2. The van der Waals surface area contributed by atoms with Gasteiger partial charge in [-0.15, -0.1) is 0 Å². The average molecular weight is 353 g/mol. The van der Waals surface area contributed by atoms with Crippen LogP contribution in [-0.4, -0.2) is 44.6 Å². The number of nitrogens with zero attached hydrogens (tertiary/aromatic N) is 5. The van der Waals surface area contributed by atoms with Crippen molar-refractivity contribution in [3.8, 4) is 5.69 Å². The van der Waals surface area contributed by atoms with Crippen LogP contribution in [-0.2, 0) is 11.3 Å². The molecule has 1 atom stereocenters. The molecule has 3 heterocycles. The number of hydrogen-bond donors (Lipinski definition) is 0. The molecule has 1 aliphatic heterocycles. The van der Waals surface area contributed by atoms with E-state index in [0.717, 1.165) is 23.6 Å². The van der Waals surface area contributed by atoms with Gasteiger partial charge in [-0.25, -0.2) is 4.68 Å². The molecular weight excluding hydrogens is 330 g/mol. The van der Waals surface area contributed by atoms with Crippen molar-refractivity contribution in [3.63, 3.8) is 0 Å². The molecule has 1 unspecified atom stereocenters.